The molecule has 5 nitrogen and oxygen atoms in total. The molecule has 5 heteroatoms. The van der Waals surface area contributed by atoms with Gasteiger partial charge in [-0.05, 0) is 32.9 Å². The SMILES string of the molecule is CC(CN1CCCC1)NCCn1cncn1. The number of rotatable bonds is 6. The Hall–Kier alpha value is -0.940. The van der Waals surface area contributed by atoms with Crippen molar-refractivity contribution in [2.75, 3.05) is 26.2 Å². The molecule has 0 amide bonds. The van der Waals surface area contributed by atoms with Crippen molar-refractivity contribution in [2.45, 2.75) is 32.4 Å². The Morgan fingerprint density at radius 1 is 1.38 bits per heavy atom. The van der Waals surface area contributed by atoms with Crippen molar-refractivity contribution in [3.63, 3.8) is 0 Å². The van der Waals surface area contributed by atoms with E-state index in [1.54, 1.807) is 12.7 Å². The van der Waals surface area contributed by atoms with Crippen molar-refractivity contribution < 1.29 is 0 Å². The van der Waals surface area contributed by atoms with Gasteiger partial charge in [0.15, 0.2) is 0 Å². The Labute approximate surface area is 96.8 Å². The number of nitrogens with one attached hydrogen (secondary N) is 1. The van der Waals surface area contributed by atoms with Gasteiger partial charge in [-0.2, -0.15) is 5.10 Å². The largest absolute Gasteiger partial charge is 0.311 e. The van der Waals surface area contributed by atoms with Gasteiger partial charge in [0.2, 0.25) is 0 Å². The molecule has 1 fully saturated rings. The maximum absolute atomic E-state index is 4.07. The molecule has 0 bridgehead atoms. The van der Waals surface area contributed by atoms with Gasteiger partial charge in [-0.1, -0.05) is 0 Å². The summed E-state index contributed by atoms with van der Waals surface area (Å²) < 4.78 is 1.86. The van der Waals surface area contributed by atoms with E-state index in [4.69, 9.17) is 0 Å². The Morgan fingerprint density at radius 3 is 2.88 bits per heavy atom. The Morgan fingerprint density at radius 2 is 2.19 bits per heavy atom. The van der Waals surface area contributed by atoms with Crippen molar-refractivity contribution in [3.8, 4) is 0 Å². The van der Waals surface area contributed by atoms with Gasteiger partial charge in [-0.3, -0.25) is 4.68 Å². The van der Waals surface area contributed by atoms with Crippen molar-refractivity contribution >= 4 is 0 Å². The first kappa shape index (κ1) is 11.5. The fourth-order valence-electron chi connectivity index (χ4n) is 2.19. The van der Waals surface area contributed by atoms with Gasteiger partial charge in [0.05, 0.1) is 6.54 Å². The maximum atomic E-state index is 4.07. The van der Waals surface area contributed by atoms with Crippen LogP contribution in [0.3, 0.4) is 0 Å². The van der Waals surface area contributed by atoms with Crippen LogP contribution in [0.5, 0.6) is 0 Å². The van der Waals surface area contributed by atoms with Crippen LogP contribution in [0.1, 0.15) is 19.8 Å². The zero-order valence-corrected chi connectivity index (χ0v) is 9.97. The fourth-order valence-corrected chi connectivity index (χ4v) is 2.19. The predicted octanol–water partition coefficient (Wildman–Crippen LogP) is 0.352. The van der Waals surface area contributed by atoms with Crippen LogP contribution in [-0.4, -0.2) is 51.9 Å². The van der Waals surface area contributed by atoms with Gasteiger partial charge >= 0.3 is 0 Å². The van der Waals surface area contributed by atoms with Crippen LogP contribution < -0.4 is 5.32 Å². The van der Waals surface area contributed by atoms with Crippen molar-refractivity contribution in [1.82, 2.24) is 25.0 Å². The smallest absolute Gasteiger partial charge is 0.137 e. The average molecular weight is 223 g/mol. The third kappa shape index (κ3) is 3.57. The van der Waals surface area contributed by atoms with Crippen LogP contribution in [-0.2, 0) is 6.54 Å². The topological polar surface area (TPSA) is 46.0 Å². The molecule has 0 aromatic carbocycles. The Balaban J connectivity index is 1.58. The van der Waals surface area contributed by atoms with E-state index in [-0.39, 0.29) is 0 Å². The molecule has 2 heterocycles. The summed E-state index contributed by atoms with van der Waals surface area (Å²) in [6.45, 7) is 7.81. The van der Waals surface area contributed by atoms with E-state index in [1.165, 1.54) is 25.9 Å². The molecule has 1 aromatic rings. The van der Waals surface area contributed by atoms with Crippen LogP contribution in [0, 0.1) is 0 Å². The van der Waals surface area contributed by atoms with Crippen LogP contribution in [0.15, 0.2) is 12.7 Å². The summed E-state index contributed by atoms with van der Waals surface area (Å²) in [6, 6.07) is 0.557. The third-order valence-electron chi connectivity index (χ3n) is 3.03. The molecule has 90 valence electrons. The lowest BCUT2D eigenvalue weighted by Gasteiger charge is -2.21. The van der Waals surface area contributed by atoms with Gasteiger partial charge in [0.25, 0.3) is 0 Å². The molecule has 1 saturated heterocycles. The molecule has 2 rings (SSSR count). The number of hydrogen-bond acceptors (Lipinski definition) is 4. The summed E-state index contributed by atoms with van der Waals surface area (Å²) in [5, 5.41) is 7.59. The first-order valence-corrected chi connectivity index (χ1v) is 6.13. The number of hydrogen-bond donors (Lipinski definition) is 1. The average Bonchev–Trinajstić information content (AvgIpc) is 2.90. The van der Waals surface area contributed by atoms with E-state index in [9.17, 15) is 0 Å². The predicted molar refractivity (Wildman–Crippen MR) is 63.2 cm³/mol. The monoisotopic (exact) mass is 223 g/mol. The fraction of sp³-hybridized carbons (Fsp3) is 0.818. The molecule has 16 heavy (non-hydrogen) atoms. The highest BCUT2D eigenvalue weighted by Gasteiger charge is 2.13. The van der Waals surface area contributed by atoms with Gasteiger partial charge in [-0.15, -0.1) is 0 Å². The Bertz CT molecular complexity index is 279. The molecule has 0 radical (unpaired) electrons. The minimum Gasteiger partial charge on any atom is -0.311 e. The molecular formula is C11H21N5. The second-order valence-electron chi connectivity index (χ2n) is 4.52. The zero-order valence-electron chi connectivity index (χ0n) is 9.97. The van der Waals surface area contributed by atoms with Crippen molar-refractivity contribution in [1.29, 1.82) is 0 Å². The summed E-state index contributed by atoms with van der Waals surface area (Å²) >= 11 is 0. The second-order valence-corrected chi connectivity index (χ2v) is 4.52. The van der Waals surface area contributed by atoms with Crippen LogP contribution >= 0.6 is 0 Å². The lowest BCUT2D eigenvalue weighted by molar-refractivity contribution is 0.297. The normalized spacial score (nSPS) is 19.1. The van der Waals surface area contributed by atoms with Gasteiger partial charge in [0.1, 0.15) is 12.7 Å². The Kier molecular flexibility index (Phi) is 4.30. The van der Waals surface area contributed by atoms with E-state index < -0.39 is 0 Å². The van der Waals surface area contributed by atoms with E-state index >= 15 is 0 Å². The number of likely N-dealkylation sites (tertiary alicyclic amines) is 1. The third-order valence-corrected chi connectivity index (χ3v) is 3.03. The van der Waals surface area contributed by atoms with E-state index in [0.29, 0.717) is 6.04 Å². The summed E-state index contributed by atoms with van der Waals surface area (Å²) in [6.07, 6.45) is 6.07. The first-order valence-electron chi connectivity index (χ1n) is 6.13. The minimum atomic E-state index is 0.557. The lowest BCUT2D eigenvalue weighted by atomic mass is 10.3. The molecule has 1 aromatic heterocycles. The number of nitrogens with zero attached hydrogens (tertiary/aromatic N) is 4. The lowest BCUT2D eigenvalue weighted by Crippen LogP contribution is -2.39. The second kappa shape index (κ2) is 5.96. The molecule has 1 atom stereocenters. The quantitative estimate of drug-likeness (QED) is 0.756. The molecule has 0 spiro atoms. The van der Waals surface area contributed by atoms with Gasteiger partial charge < -0.3 is 10.2 Å². The summed E-state index contributed by atoms with van der Waals surface area (Å²) in [7, 11) is 0. The molecule has 1 aliphatic heterocycles. The van der Waals surface area contributed by atoms with E-state index in [0.717, 1.165) is 19.6 Å². The maximum Gasteiger partial charge on any atom is 0.137 e. The molecule has 1 N–H and O–H groups in total. The van der Waals surface area contributed by atoms with Gasteiger partial charge in [-0.25, -0.2) is 4.98 Å². The first-order chi connectivity index (χ1) is 7.84. The van der Waals surface area contributed by atoms with Gasteiger partial charge in [0, 0.05) is 19.1 Å². The molecule has 0 aliphatic carbocycles. The molecule has 1 aliphatic rings. The standard InChI is InChI=1S/C11H21N5/c1-11(8-15-5-2-3-6-15)13-4-7-16-10-12-9-14-16/h9-11,13H,2-8H2,1H3. The van der Waals surface area contributed by atoms with Crippen molar-refractivity contribution in [2.24, 2.45) is 0 Å². The highest BCUT2D eigenvalue weighted by atomic mass is 15.3. The number of aromatic nitrogens is 3. The molecule has 0 saturated carbocycles. The highest BCUT2D eigenvalue weighted by molar-refractivity contribution is 4.72. The van der Waals surface area contributed by atoms with E-state index in [1.807, 2.05) is 4.68 Å². The van der Waals surface area contributed by atoms with Crippen molar-refractivity contribution in [3.05, 3.63) is 12.7 Å². The van der Waals surface area contributed by atoms with Crippen LogP contribution in [0.4, 0.5) is 0 Å². The molecular weight excluding hydrogens is 202 g/mol. The van der Waals surface area contributed by atoms with Crippen LogP contribution in [0.25, 0.3) is 0 Å². The van der Waals surface area contributed by atoms with E-state index in [2.05, 4.69) is 27.2 Å². The van der Waals surface area contributed by atoms with Crippen LogP contribution in [0.2, 0.25) is 0 Å². The summed E-state index contributed by atoms with van der Waals surface area (Å²) in [4.78, 5) is 6.45. The highest BCUT2D eigenvalue weighted by Crippen LogP contribution is 2.07. The minimum absolute atomic E-state index is 0.557. The summed E-state index contributed by atoms with van der Waals surface area (Å²) in [5.74, 6) is 0. The molecule has 1 unspecified atom stereocenters. The zero-order chi connectivity index (χ0) is 11.2. The summed E-state index contributed by atoms with van der Waals surface area (Å²) in [5.41, 5.74) is 0.